The SMILES string of the molecule is CCOP(=O)(OCC)C1NC(=O)c2ccccc21. The predicted molar refractivity (Wildman–Crippen MR) is 67.5 cm³/mol. The van der Waals surface area contributed by atoms with Crippen molar-refractivity contribution in [2.75, 3.05) is 13.2 Å². The van der Waals surface area contributed by atoms with Crippen molar-refractivity contribution in [2.45, 2.75) is 19.6 Å². The van der Waals surface area contributed by atoms with E-state index in [4.69, 9.17) is 9.05 Å². The van der Waals surface area contributed by atoms with Crippen LogP contribution in [0.1, 0.15) is 35.6 Å². The second kappa shape index (κ2) is 5.22. The highest BCUT2D eigenvalue weighted by Crippen LogP contribution is 2.61. The number of nitrogens with one attached hydrogen (secondary N) is 1. The summed E-state index contributed by atoms with van der Waals surface area (Å²) in [6, 6.07) is 7.04. The molecule has 1 aliphatic heterocycles. The van der Waals surface area contributed by atoms with Gasteiger partial charge in [-0.3, -0.25) is 9.36 Å². The van der Waals surface area contributed by atoms with Crippen molar-refractivity contribution in [3.8, 4) is 0 Å². The van der Waals surface area contributed by atoms with E-state index in [1.807, 2.05) is 0 Å². The summed E-state index contributed by atoms with van der Waals surface area (Å²) in [5.74, 6) is -0.948. The zero-order valence-electron chi connectivity index (χ0n) is 10.4. The second-order valence-electron chi connectivity index (χ2n) is 3.84. The zero-order chi connectivity index (χ0) is 13.2. The minimum absolute atomic E-state index is 0.241. The van der Waals surface area contributed by atoms with Gasteiger partial charge in [0.15, 0.2) is 5.78 Å². The third-order valence-corrected chi connectivity index (χ3v) is 4.98. The molecule has 1 heterocycles. The Bertz CT molecular complexity index is 493. The molecule has 0 fully saturated rings. The first kappa shape index (κ1) is 13.3. The van der Waals surface area contributed by atoms with Crippen LogP contribution in [0.2, 0.25) is 0 Å². The third-order valence-electron chi connectivity index (χ3n) is 2.70. The number of hydrogen-bond donors (Lipinski definition) is 1. The lowest BCUT2D eigenvalue weighted by atomic mass is 10.1. The van der Waals surface area contributed by atoms with Crippen LogP contribution in [0.25, 0.3) is 0 Å². The topological polar surface area (TPSA) is 64.6 Å². The molecule has 6 heteroatoms. The molecule has 1 aromatic rings. The number of benzene rings is 1. The van der Waals surface area contributed by atoms with Crippen molar-refractivity contribution >= 4 is 13.5 Å². The van der Waals surface area contributed by atoms with Crippen LogP contribution in [0.15, 0.2) is 24.3 Å². The van der Waals surface area contributed by atoms with E-state index in [1.165, 1.54) is 0 Å². The molecular formula is C12H16NO4P. The standard InChI is InChI=1S/C12H16NO4P/c1-3-16-18(15,17-4-2)12-10-8-6-5-7-9(10)11(14)13-12/h5-8,12H,3-4H2,1-2H3,(H,13,14). The highest BCUT2D eigenvalue weighted by molar-refractivity contribution is 7.54. The number of amides is 1. The quantitative estimate of drug-likeness (QED) is 0.835. The Labute approximate surface area is 106 Å². The van der Waals surface area contributed by atoms with Crippen LogP contribution in [-0.2, 0) is 13.6 Å². The molecule has 0 saturated carbocycles. The van der Waals surface area contributed by atoms with E-state index in [0.717, 1.165) is 0 Å². The smallest absolute Gasteiger partial charge is 0.334 e. The van der Waals surface area contributed by atoms with Crippen LogP contribution in [-0.4, -0.2) is 19.1 Å². The molecule has 1 unspecified atom stereocenters. The van der Waals surface area contributed by atoms with Crippen LogP contribution < -0.4 is 5.32 Å². The molecule has 5 nitrogen and oxygen atoms in total. The van der Waals surface area contributed by atoms with Gasteiger partial charge in [-0.15, -0.1) is 0 Å². The molecular weight excluding hydrogens is 253 g/mol. The Kier molecular flexibility index (Phi) is 3.85. The Hall–Kier alpha value is -1.16. The third kappa shape index (κ3) is 2.21. The fourth-order valence-electron chi connectivity index (χ4n) is 2.02. The maximum atomic E-state index is 12.7. The van der Waals surface area contributed by atoms with Crippen LogP contribution in [0.5, 0.6) is 0 Å². The lowest BCUT2D eigenvalue weighted by Crippen LogP contribution is -2.21. The minimum atomic E-state index is -3.37. The molecule has 0 aromatic heterocycles. The number of hydrogen-bond acceptors (Lipinski definition) is 4. The lowest BCUT2D eigenvalue weighted by Gasteiger charge is -2.23. The molecule has 0 bridgehead atoms. The molecule has 0 saturated heterocycles. The molecule has 1 aliphatic rings. The summed E-state index contributed by atoms with van der Waals surface area (Å²) in [7, 11) is -3.37. The Morgan fingerprint density at radius 3 is 2.44 bits per heavy atom. The first-order valence-electron chi connectivity index (χ1n) is 5.91. The molecule has 2 rings (SSSR count). The summed E-state index contributed by atoms with van der Waals surface area (Å²) < 4.78 is 23.2. The van der Waals surface area contributed by atoms with Crippen molar-refractivity contribution in [1.29, 1.82) is 0 Å². The van der Waals surface area contributed by atoms with Crippen LogP contribution in [0.4, 0.5) is 0 Å². The summed E-state index contributed by atoms with van der Waals surface area (Å²) in [6.07, 6.45) is 0. The van der Waals surface area contributed by atoms with Crippen molar-refractivity contribution in [2.24, 2.45) is 0 Å². The monoisotopic (exact) mass is 269 g/mol. The van der Waals surface area contributed by atoms with E-state index in [9.17, 15) is 9.36 Å². The average molecular weight is 269 g/mol. The van der Waals surface area contributed by atoms with Gasteiger partial charge in [0.2, 0.25) is 0 Å². The summed E-state index contributed by atoms with van der Waals surface area (Å²) in [5, 5.41) is 2.68. The van der Waals surface area contributed by atoms with Crippen molar-refractivity contribution in [3.63, 3.8) is 0 Å². The summed E-state index contributed by atoms with van der Waals surface area (Å²) in [5.41, 5.74) is 1.20. The van der Waals surface area contributed by atoms with Gasteiger partial charge in [-0.05, 0) is 25.5 Å². The van der Waals surface area contributed by atoms with E-state index >= 15 is 0 Å². The second-order valence-corrected chi connectivity index (χ2v) is 5.95. The van der Waals surface area contributed by atoms with Gasteiger partial charge in [0.1, 0.15) is 0 Å². The predicted octanol–water partition coefficient (Wildman–Crippen LogP) is 2.69. The molecule has 1 amide bonds. The number of carbonyl (C=O) groups is 1. The van der Waals surface area contributed by atoms with E-state index < -0.39 is 13.4 Å². The zero-order valence-corrected chi connectivity index (χ0v) is 11.3. The maximum Gasteiger partial charge on any atom is 0.357 e. The van der Waals surface area contributed by atoms with Gasteiger partial charge in [0, 0.05) is 5.56 Å². The van der Waals surface area contributed by atoms with E-state index in [0.29, 0.717) is 11.1 Å². The van der Waals surface area contributed by atoms with E-state index in [1.54, 1.807) is 38.1 Å². The normalized spacial score (nSPS) is 18.6. The largest absolute Gasteiger partial charge is 0.357 e. The minimum Gasteiger partial charge on any atom is -0.334 e. The molecule has 18 heavy (non-hydrogen) atoms. The number of rotatable bonds is 5. The highest BCUT2D eigenvalue weighted by atomic mass is 31.2. The fourth-order valence-corrected chi connectivity index (χ4v) is 3.95. The van der Waals surface area contributed by atoms with Gasteiger partial charge in [-0.25, -0.2) is 0 Å². The lowest BCUT2D eigenvalue weighted by molar-refractivity contribution is 0.0956. The van der Waals surface area contributed by atoms with Crippen LogP contribution in [0.3, 0.4) is 0 Å². The van der Waals surface area contributed by atoms with Gasteiger partial charge in [-0.1, -0.05) is 18.2 Å². The molecule has 1 N–H and O–H groups in total. The fraction of sp³-hybridized carbons (Fsp3) is 0.417. The van der Waals surface area contributed by atoms with Gasteiger partial charge in [0.05, 0.1) is 13.2 Å². The molecule has 0 spiro atoms. The van der Waals surface area contributed by atoms with E-state index in [2.05, 4.69) is 5.32 Å². The molecule has 0 aliphatic carbocycles. The summed E-state index contributed by atoms with van der Waals surface area (Å²) in [6.45, 7) is 4.03. The summed E-state index contributed by atoms with van der Waals surface area (Å²) >= 11 is 0. The highest BCUT2D eigenvalue weighted by Gasteiger charge is 2.43. The van der Waals surface area contributed by atoms with Gasteiger partial charge >= 0.3 is 7.60 Å². The summed E-state index contributed by atoms with van der Waals surface area (Å²) in [4.78, 5) is 11.8. The average Bonchev–Trinajstić information content (AvgIpc) is 2.69. The Morgan fingerprint density at radius 1 is 1.22 bits per heavy atom. The molecule has 1 aromatic carbocycles. The number of carbonyl (C=O) groups excluding carboxylic acids is 1. The van der Waals surface area contributed by atoms with Gasteiger partial charge in [-0.2, -0.15) is 0 Å². The molecule has 1 atom stereocenters. The Balaban J connectivity index is 2.40. The van der Waals surface area contributed by atoms with Crippen molar-refractivity contribution in [3.05, 3.63) is 35.4 Å². The van der Waals surface area contributed by atoms with Crippen molar-refractivity contribution < 1.29 is 18.4 Å². The van der Waals surface area contributed by atoms with Crippen LogP contribution >= 0.6 is 7.60 Å². The Morgan fingerprint density at radius 2 is 1.83 bits per heavy atom. The van der Waals surface area contributed by atoms with Gasteiger partial charge in [0.25, 0.3) is 5.91 Å². The van der Waals surface area contributed by atoms with Crippen molar-refractivity contribution in [1.82, 2.24) is 5.32 Å². The number of fused-ring (bicyclic) bond motifs is 1. The molecule has 0 radical (unpaired) electrons. The molecule has 98 valence electrons. The van der Waals surface area contributed by atoms with E-state index in [-0.39, 0.29) is 19.1 Å². The first-order valence-corrected chi connectivity index (χ1v) is 7.52. The first-order chi connectivity index (χ1) is 8.62. The maximum absolute atomic E-state index is 12.7. The van der Waals surface area contributed by atoms with Crippen LogP contribution in [0, 0.1) is 0 Å². The van der Waals surface area contributed by atoms with Gasteiger partial charge < -0.3 is 14.4 Å².